The van der Waals surface area contributed by atoms with Gasteiger partial charge >= 0.3 is 0 Å². The van der Waals surface area contributed by atoms with Gasteiger partial charge in [-0.2, -0.15) is 0 Å². The molecule has 1 atom stereocenters. The topological polar surface area (TPSA) is 15.8 Å². The Hall–Kier alpha value is -1.24. The van der Waals surface area contributed by atoms with E-state index in [-0.39, 0.29) is 0 Å². The Bertz CT molecular complexity index is 317. The second kappa shape index (κ2) is 3.65. The van der Waals surface area contributed by atoms with E-state index in [1.165, 1.54) is 17.7 Å². The molecule has 0 aromatic carbocycles. The van der Waals surface area contributed by atoms with Gasteiger partial charge in [0.05, 0.1) is 0 Å². The van der Waals surface area contributed by atoms with E-state index in [4.69, 9.17) is 0 Å². The first-order valence-electron chi connectivity index (χ1n) is 4.89. The molecule has 1 aromatic heterocycles. The number of hydrogen-bond donors (Lipinski definition) is 1. The van der Waals surface area contributed by atoms with Gasteiger partial charge in [-0.05, 0) is 24.5 Å². The van der Waals surface area contributed by atoms with Crippen LogP contribution in [0.25, 0.3) is 0 Å². The molecule has 0 saturated carbocycles. The Morgan fingerprint density at radius 3 is 3.08 bits per heavy atom. The van der Waals surface area contributed by atoms with Crippen molar-refractivity contribution in [3.63, 3.8) is 0 Å². The Balaban J connectivity index is 2.04. The summed E-state index contributed by atoms with van der Waals surface area (Å²) in [5, 5.41) is 0. The molecule has 68 valence electrons. The van der Waals surface area contributed by atoms with Crippen LogP contribution in [0.5, 0.6) is 0 Å². The van der Waals surface area contributed by atoms with Crippen LogP contribution < -0.4 is 0 Å². The van der Waals surface area contributed by atoms with Crippen LogP contribution in [0.2, 0.25) is 0 Å². The fourth-order valence-corrected chi connectivity index (χ4v) is 1.85. The SMILES string of the molecule is CCC1C=CC=C1Cc1ccc[nH]1. The lowest BCUT2D eigenvalue weighted by atomic mass is 9.96. The van der Waals surface area contributed by atoms with Gasteiger partial charge in [0.2, 0.25) is 0 Å². The molecule has 1 unspecified atom stereocenters. The van der Waals surface area contributed by atoms with E-state index in [1.54, 1.807) is 0 Å². The van der Waals surface area contributed by atoms with Gasteiger partial charge in [0.1, 0.15) is 0 Å². The third-order valence-corrected chi connectivity index (χ3v) is 2.63. The fraction of sp³-hybridized carbons (Fsp3) is 0.333. The van der Waals surface area contributed by atoms with Crippen LogP contribution in [0.4, 0.5) is 0 Å². The lowest BCUT2D eigenvalue weighted by Crippen LogP contribution is -1.99. The number of H-pyrrole nitrogens is 1. The average Bonchev–Trinajstić information content (AvgIpc) is 2.76. The Morgan fingerprint density at radius 2 is 2.38 bits per heavy atom. The monoisotopic (exact) mass is 173 g/mol. The van der Waals surface area contributed by atoms with Crippen molar-refractivity contribution in [2.75, 3.05) is 0 Å². The largest absolute Gasteiger partial charge is 0.365 e. The molecule has 13 heavy (non-hydrogen) atoms. The van der Waals surface area contributed by atoms with Gasteiger partial charge in [-0.1, -0.05) is 30.7 Å². The second-order valence-corrected chi connectivity index (χ2v) is 3.51. The highest BCUT2D eigenvalue weighted by Gasteiger charge is 2.12. The van der Waals surface area contributed by atoms with E-state index in [0.717, 1.165) is 6.42 Å². The number of aromatic nitrogens is 1. The third-order valence-electron chi connectivity index (χ3n) is 2.63. The zero-order valence-electron chi connectivity index (χ0n) is 7.96. The molecule has 0 radical (unpaired) electrons. The van der Waals surface area contributed by atoms with Gasteiger partial charge in [-0.25, -0.2) is 0 Å². The van der Waals surface area contributed by atoms with Crippen LogP contribution >= 0.6 is 0 Å². The maximum atomic E-state index is 3.24. The minimum absolute atomic E-state index is 0.670. The summed E-state index contributed by atoms with van der Waals surface area (Å²) >= 11 is 0. The highest BCUT2D eigenvalue weighted by atomic mass is 14.7. The van der Waals surface area contributed by atoms with Crippen LogP contribution in [0.3, 0.4) is 0 Å². The normalized spacial score (nSPS) is 20.7. The molecular formula is C12H15N. The summed E-state index contributed by atoms with van der Waals surface area (Å²) in [5.41, 5.74) is 2.85. The van der Waals surface area contributed by atoms with Gasteiger partial charge in [0.15, 0.2) is 0 Å². The van der Waals surface area contributed by atoms with Gasteiger partial charge in [0, 0.05) is 18.3 Å². The van der Waals surface area contributed by atoms with Crippen LogP contribution in [0.15, 0.2) is 42.1 Å². The molecule has 1 N–H and O–H groups in total. The summed E-state index contributed by atoms with van der Waals surface area (Å²) in [6.45, 7) is 2.24. The summed E-state index contributed by atoms with van der Waals surface area (Å²) in [6, 6.07) is 4.20. The summed E-state index contributed by atoms with van der Waals surface area (Å²) in [7, 11) is 0. The van der Waals surface area contributed by atoms with Crippen molar-refractivity contribution in [3.8, 4) is 0 Å². The maximum Gasteiger partial charge on any atom is 0.0188 e. The van der Waals surface area contributed by atoms with E-state index >= 15 is 0 Å². The third kappa shape index (κ3) is 1.74. The van der Waals surface area contributed by atoms with E-state index in [0.29, 0.717) is 5.92 Å². The van der Waals surface area contributed by atoms with E-state index in [2.05, 4.69) is 42.3 Å². The number of aromatic amines is 1. The molecule has 1 heteroatoms. The van der Waals surface area contributed by atoms with Gasteiger partial charge in [0.25, 0.3) is 0 Å². The predicted molar refractivity (Wildman–Crippen MR) is 55.5 cm³/mol. The molecular weight excluding hydrogens is 158 g/mol. The minimum Gasteiger partial charge on any atom is -0.365 e. The first-order chi connectivity index (χ1) is 6.40. The fourth-order valence-electron chi connectivity index (χ4n) is 1.85. The predicted octanol–water partition coefficient (Wildman–Crippen LogP) is 3.08. The van der Waals surface area contributed by atoms with Crippen LogP contribution in [-0.4, -0.2) is 4.98 Å². The lowest BCUT2D eigenvalue weighted by molar-refractivity contribution is 0.714. The summed E-state index contributed by atoms with van der Waals surface area (Å²) in [6.07, 6.45) is 11.0. The first kappa shape index (κ1) is 8.36. The van der Waals surface area contributed by atoms with Crippen molar-refractivity contribution in [2.45, 2.75) is 19.8 Å². The molecule has 1 aliphatic rings. The molecule has 0 fully saturated rings. The van der Waals surface area contributed by atoms with Crippen LogP contribution in [-0.2, 0) is 6.42 Å². The average molecular weight is 173 g/mol. The minimum atomic E-state index is 0.670. The molecule has 1 nitrogen and oxygen atoms in total. The summed E-state index contributed by atoms with van der Waals surface area (Å²) in [4.78, 5) is 3.24. The molecule has 0 aliphatic heterocycles. The van der Waals surface area contributed by atoms with E-state index in [9.17, 15) is 0 Å². The highest BCUT2D eigenvalue weighted by molar-refractivity contribution is 5.30. The van der Waals surface area contributed by atoms with Gasteiger partial charge in [-0.15, -0.1) is 0 Å². The van der Waals surface area contributed by atoms with Crippen molar-refractivity contribution >= 4 is 0 Å². The molecule has 0 bridgehead atoms. The zero-order valence-corrected chi connectivity index (χ0v) is 7.96. The Labute approximate surface area is 79.2 Å². The molecule has 2 rings (SSSR count). The van der Waals surface area contributed by atoms with Crippen molar-refractivity contribution in [2.24, 2.45) is 5.92 Å². The zero-order chi connectivity index (χ0) is 9.10. The van der Waals surface area contributed by atoms with Crippen LogP contribution in [0.1, 0.15) is 19.0 Å². The summed E-state index contributed by atoms with van der Waals surface area (Å²) in [5.74, 6) is 0.670. The molecule has 1 aliphatic carbocycles. The number of hydrogen-bond acceptors (Lipinski definition) is 0. The quantitative estimate of drug-likeness (QED) is 0.723. The van der Waals surface area contributed by atoms with Gasteiger partial charge in [-0.3, -0.25) is 0 Å². The smallest absolute Gasteiger partial charge is 0.0188 e. The Morgan fingerprint density at radius 1 is 1.46 bits per heavy atom. The van der Waals surface area contributed by atoms with Crippen molar-refractivity contribution in [1.29, 1.82) is 0 Å². The van der Waals surface area contributed by atoms with Crippen molar-refractivity contribution < 1.29 is 0 Å². The highest BCUT2D eigenvalue weighted by Crippen LogP contribution is 2.25. The number of nitrogens with one attached hydrogen (secondary N) is 1. The number of rotatable bonds is 3. The van der Waals surface area contributed by atoms with E-state index in [1.807, 2.05) is 6.20 Å². The van der Waals surface area contributed by atoms with Crippen LogP contribution in [0, 0.1) is 5.92 Å². The Kier molecular flexibility index (Phi) is 2.35. The first-order valence-corrected chi connectivity index (χ1v) is 4.89. The van der Waals surface area contributed by atoms with Crippen molar-refractivity contribution in [1.82, 2.24) is 4.98 Å². The van der Waals surface area contributed by atoms with Gasteiger partial charge < -0.3 is 4.98 Å². The molecule has 0 saturated heterocycles. The second-order valence-electron chi connectivity index (χ2n) is 3.51. The molecule has 1 heterocycles. The lowest BCUT2D eigenvalue weighted by Gasteiger charge is -2.09. The molecule has 1 aromatic rings. The standard InChI is InChI=1S/C12H15N/c1-2-10-5-3-6-11(10)9-12-7-4-8-13-12/h3-8,10,13H,2,9H2,1H3. The molecule has 0 amide bonds. The summed E-state index contributed by atoms with van der Waals surface area (Å²) < 4.78 is 0. The van der Waals surface area contributed by atoms with Crippen molar-refractivity contribution in [3.05, 3.63) is 47.8 Å². The maximum absolute atomic E-state index is 3.24. The van der Waals surface area contributed by atoms with E-state index < -0.39 is 0 Å². The molecule has 0 spiro atoms. The number of allylic oxidation sites excluding steroid dienone is 4.